The lowest BCUT2D eigenvalue weighted by Crippen LogP contribution is -2.06. The van der Waals surface area contributed by atoms with E-state index in [1.807, 2.05) is 0 Å². The number of allylic oxidation sites excluding steroid dienone is 2. The van der Waals surface area contributed by atoms with Gasteiger partial charge in [-0.25, -0.2) is 0 Å². The van der Waals surface area contributed by atoms with Gasteiger partial charge >= 0.3 is 0 Å². The second-order valence-electron chi connectivity index (χ2n) is 7.12. The van der Waals surface area contributed by atoms with Gasteiger partial charge in [0.1, 0.15) is 0 Å². The van der Waals surface area contributed by atoms with Crippen molar-refractivity contribution >= 4 is 31.2 Å². The predicted octanol–water partition coefficient (Wildman–Crippen LogP) is 6.90. The van der Waals surface area contributed by atoms with Crippen molar-refractivity contribution in [2.24, 2.45) is 0 Å². The fourth-order valence-electron chi connectivity index (χ4n) is 3.01. The largest absolute Gasteiger partial charge is 0.354 e. The highest BCUT2D eigenvalue weighted by molar-refractivity contribution is 7.80. The molecule has 1 rings (SSSR count). The van der Waals surface area contributed by atoms with Crippen molar-refractivity contribution in [1.29, 1.82) is 0 Å². The molecule has 1 heterocycles. The van der Waals surface area contributed by atoms with Crippen molar-refractivity contribution in [3.8, 4) is 0 Å². The van der Waals surface area contributed by atoms with Gasteiger partial charge in [-0.2, -0.15) is 15.0 Å². The molecule has 1 aromatic rings. The van der Waals surface area contributed by atoms with Crippen molar-refractivity contribution in [2.45, 2.75) is 107 Å². The van der Waals surface area contributed by atoms with E-state index in [0.29, 0.717) is 16.3 Å². The van der Waals surface area contributed by atoms with Gasteiger partial charge in [0, 0.05) is 6.54 Å². The van der Waals surface area contributed by atoms with Gasteiger partial charge in [-0.1, -0.05) is 76.9 Å². The number of hydrogen-bond acceptors (Lipinski definition) is 6. The predicted molar refractivity (Wildman–Crippen MR) is 122 cm³/mol. The molecule has 1 aromatic heterocycles. The van der Waals surface area contributed by atoms with Gasteiger partial charge in [-0.15, -0.1) is 25.3 Å². The van der Waals surface area contributed by atoms with Gasteiger partial charge in [-0.3, -0.25) is 0 Å². The smallest absolute Gasteiger partial charge is 0.227 e. The highest BCUT2D eigenvalue weighted by Crippen LogP contribution is 2.11. The molecule has 0 aliphatic heterocycles. The van der Waals surface area contributed by atoms with E-state index < -0.39 is 0 Å². The Labute approximate surface area is 177 Å². The zero-order valence-corrected chi connectivity index (χ0v) is 18.8. The van der Waals surface area contributed by atoms with E-state index in [1.54, 1.807) is 0 Å². The van der Waals surface area contributed by atoms with Crippen LogP contribution in [0.1, 0.15) is 96.8 Å². The Bertz CT molecular complexity index is 489. The second kappa shape index (κ2) is 17.4. The molecule has 0 aliphatic carbocycles. The van der Waals surface area contributed by atoms with Crippen LogP contribution in [0.3, 0.4) is 0 Å². The van der Waals surface area contributed by atoms with Gasteiger partial charge in [0.2, 0.25) is 5.95 Å². The highest BCUT2D eigenvalue weighted by atomic mass is 32.1. The first kappa shape index (κ1) is 24.3. The quantitative estimate of drug-likeness (QED) is 0.148. The van der Waals surface area contributed by atoms with Gasteiger partial charge < -0.3 is 5.32 Å². The summed E-state index contributed by atoms with van der Waals surface area (Å²) in [6.07, 6.45) is 23.3. The van der Waals surface area contributed by atoms with Gasteiger partial charge in [0.25, 0.3) is 0 Å². The Hall–Kier alpha value is -0.750. The first-order chi connectivity index (χ1) is 13.2. The summed E-state index contributed by atoms with van der Waals surface area (Å²) in [6, 6.07) is 0. The van der Waals surface area contributed by atoms with Gasteiger partial charge in [0.05, 0.1) is 0 Å². The minimum absolute atomic E-state index is 0.401. The molecule has 1 N–H and O–H groups in total. The summed E-state index contributed by atoms with van der Waals surface area (Å²) in [4.78, 5) is 12.2. The van der Waals surface area contributed by atoms with E-state index >= 15 is 0 Å². The number of unbranched alkanes of at least 4 members (excludes halogenated alkanes) is 12. The first-order valence-electron chi connectivity index (χ1n) is 10.7. The van der Waals surface area contributed by atoms with E-state index in [9.17, 15) is 0 Å². The number of nitrogens with zero attached hydrogens (tertiary/aromatic N) is 3. The summed E-state index contributed by atoms with van der Waals surface area (Å²) in [5.74, 6) is 0.563. The lowest BCUT2D eigenvalue weighted by atomic mass is 10.1. The molecule has 0 aromatic carbocycles. The van der Waals surface area contributed by atoms with Crippen LogP contribution in [-0.2, 0) is 0 Å². The van der Waals surface area contributed by atoms with Crippen LogP contribution in [0.25, 0.3) is 0 Å². The molecular formula is C21H38N4S2. The number of anilines is 1. The summed E-state index contributed by atoms with van der Waals surface area (Å²) < 4.78 is 0. The third-order valence-corrected chi connectivity index (χ3v) is 4.98. The molecule has 4 nitrogen and oxygen atoms in total. The Morgan fingerprint density at radius 2 is 1.15 bits per heavy atom. The number of thiol groups is 2. The van der Waals surface area contributed by atoms with E-state index in [-0.39, 0.29) is 0 Å². The molecule has 27 heavy (non-hydrogen) atoms. The molecule has 154 valence electrons. The average molecular weight is 411 g/mol. The van der Waals surface area contributed by atoms with Crippen molar-refractivity contribution in [3.63, 3.8) is 0 Å². The van der Waals surface area contributed by atoms with E-state index in [1.165, 1.54) is 83.5 Å². The third-order valence-electron chi connectivity index (χ3n) is 4.58. The fraction of sp³-hybridized carbons (Fsp3) is 0.762. The average Bonchev–Trinajstić information content (AvgIpc) is 2.63. The molecule has 0 saturated heterocycles. The normalized spacial score (nSPS) is 11.4. The maximum absolute atomic E-state index is 4.13. The maximum atomic E-state index is 4.13. The van der Waals surface area contributed by atoms with E-state index in [4.69, 9.17) is 0 Å². The van der Waals surface area contributed by atoms with Crippen LogP contribution < -0.4 is 5.32 Å². The van der Waals surface area contributed by atoms with Crippen molar-refractivity contribution in [2.75, 3.05) is 11.9 Å². The van der Waals surface area contributed by atoms with Gasteiger partial charge in [0.15, 0.2) is 10.3 Å². The minimum Gasteiger partial charge on any atom is -0.354 e. The Balaban J connectivity index is 1.83. The van der Waals surface area contributed by atoms with Crippen LogP contribution in [-0.4, -0.2) is 21.5 Å². The SMILES string of the molecule is CCCCCCCC/C=C\CCCCCCCCNc1nc(S)nc(S)n1. The molecule has 0 atom stereocenters. The van der Waals surface area contributed by atoms with Crippen molar-refractivity contribution < 1.29 is 0 Å². The number of rotatable bonds is 17. The molecular weight excluding hydrogens is 372 g/mol. The van der Waals surface area contributed by atoms with Crippen LogP contribution >= 0.6 is 25.3 Å². The topological polar surface area (TPSA) is 50.7 Å². The van der Waals surface area contributed by atoms with Crippen LogP contribution in [0.15, 0.2) is 22.5 Å². The fourth-order valence-corrected chi connectivity index (χ4v) is 3.46. The van der Waals surface area contributed by atoms with E-state index in [0.717, 1.165) is 13.0 Å². The van der Waals surface area contributed by atoms with Crippen LogP contribution in [0.2, 0.25) is 0 Å². The number of nitrogens with one attached hydrogen (secondary N) is 1. The van der Waals surface area contributed by atoms with Crippen molar-refractivity contribution in [3.05, 3.63) is 12.2 Å². The summed E-state index contributed by atoms with van der Waals surface area (Å²) in [6.45, 7) is 3.15. The monoisotopic (exact) mass is 410 g/mol. The third kappa shape index (κ3) is 14.9. The van der Waals surface area contributed by atoms with Crippen molar-refractivity contribution in [1.82, 2.24) is 15.0 Å². The zero-order chi connectivity index (χ0) is 19.6. The Morgan fingerprint density at radius 3 is 1.70 bits per heavy atom. The molecule has 0 radical (unpaired) electrons. The summed E-state index contributed by atoms with van der Waals surface area (Å²) in [5, 5.41) is 4.01. The minimum atomic E-state index is 0.401. The first-order valence-corrected chi connectivity index (χ1v) is 11.6. The summed E-state index contributed by atoms with van der Waals surface area (Å²) in [5.41, 5.74) is 0. The number of hydrogen-bond donors (Lipinski definition) is 3. The standard InChI is InChI=1S/C21H38N4S2/c1-2-3-4-5-6-7-8-9-10-11-12-13-14-15-16-17-18-22-19-23-20(26)25-21(27)24-19/h9-10H,2-8,11-18H2,1H3,(H3,22,23,24,25,26,27)/b10-9-. The second-order valence-corrected chi connectivity index (χ2v) is 7.92. The molecule has 0 unspecified atom stereocenters. The van der Waals surface area contributed by atoms with Crippen LogP contribution in [0, 0.1) is 0 Å². The highest BCUT2D eigenvalue weighted by Gasteiger charge is 2.00. The lowest BCUT2D eigenvalue weighted by molar-refractivity contribution is 0.602. The van der Waals surface area contributed by atoms with Crippen LogP contribution in [0.5, 0.6) is 0 Å². The lowest BCUT2D eigenvalue weighted by Gasteiger charge is -2.05. The summed E-state index contributed by atoms with van der Waals surface area (Å²) >= 11 is 8.25. The maximum Gasteiger partial charge on any atom is 0.227 e. The Morgan fingerprint density at radius 1 is 0.667 bits per heavy atom. The zero-order valence-electron chi connectivity index (χ0n) is 17.0. The summed E-state index contributed by atoms with van der Waals surface area (Å²) in [7, 11) is 0. The number of aromatic nitrogens is 3. The molecule has 0 saturated carbocycles. The van der Waals surface area contributed by atoms with E-state index in [2.05, 4.69) is 64.6 Å². The molecule has 0 fully saturated rings. The molecule has 0 bridgehead atoms. The molecule has 6 heteroatoms. The Kier molecular flexibility index (Phi) is 15.6. The van der Waals surface area contributed by atoms with Gasteiger partial charge in [-0.05, 0) is 32.1 Å². The molecule has 0 spiro atoms. The molecule has 0 aliphatic rings. The van der Waals surface area contributed by atoms with Crippen LogP contribution in [0.4, 0.5) is 5.95 Å². The molecule has 0 amide bonds.